The van der Waals surface area contributed by atoms with E-state index in [1.54, 1.807) is 17.0 Å². The van der Waals surface area contributed by atoms with Gasteiger partial charge in [0.25, 0.3) is 0 Å². The Balaban J connectivity index is 2.16. The van der Waals surface area contributed by atoms with Crippen LogP contribution in [-0.4, -0.2) is 34.6 Å². The maximum Gasteiger partial charge on any atom is 0.243 e. The number of nitrogens with one attached hydrogen (secondary N) is 1. The molecule has 0 bridgehead atoms. The van der Waals surface area contributed by atoms with Crippen LogP contribution in [0.4, 0.5) is 4.39 Å². The summed E-state index contributed by atoms with van der Waals surface area (Å²) in [6.45, 7) is 8.21. The van der Waals surface area contributed by atoms with Crippen molar-refractivity contribution in [2.75, 3.05) is 5.75 Å². The molecule has 0 aliphatic carbocycles. The van der Waals surface area contributed by atoms with Crippen molar-refractivity contribution < 1.29 is 14.0 Å². The van der Waals surface area contributed by atoms with Gasteiger partial charge in [-0.25, -0.2) is 4.39 Å². The van der Waals surface area contributed by atoms with Gasteiger partial charge in [-0.1, -0.05) is 61.3 Å². The fourth-order valence-corrected chi connectivity index (χ4v) is 4.49. The first-order valence-corrected chi connectivity index (χ1v) is 12.5. The van der Waals surface area contributed by atoms with Gasteiger partial charge in [-0.3, -0.25) is 9.59 Å². The number of nitrogens with zero attached hydrogens (tertiary/aromatic N) is 1. The predicted molar refractivity (Wildman–Crippen MR) is 131 cm³/mol. The molecule has 0 saturated heterocycles. The monoisotopic (exact) mass is 478 g/mol. The highest BCUT2D eigenvalue weighted by Crippen LogP contribution is 2.24. The molecule has 0 heterocycles. The number of carbonyl (C=O) groups excluding carboxylic acids is 2. The van der Waals surface area contributed by atoms with E-state index < -0.39 is 6.04 Å². The van der Waals surface area contributed by atoms with Gasteiger partial charge in [0.1, 0.15) is 11.9 Å². The molecule has 0 fully saturated rings. The molecule has 2 atom stereocenters. The molecule has 2 aromatic rings. The van der Waals surface area contributed by atoms with Crippen molar-refractivity contribution in [3.05, 3.63) is 70.0 Å². The van der Waals surface area contributed by atoms with E-state index >= 15 is 0 Å². The summed E-state index contributed by atoms with van der Waals surface area (Å²) in [4.78, 5) is 27.8. The first-order chi connectivity index (χ1) is 15.3. The molecule has 2 amide bonds. The van der Waals surface area contributed by atoms with Crippen LogP contribution in [0, 0.1) is 12.7 Å². The summed E-state index contributed by atoms with van der Waals surface area (Å²) in [6.07, 6.45) is 1.32. The van der Waals surface area contributed by atoms with Crippen LogP contribution in [0.15, 0.2) is 42.5 Å². The lowest BCUT2D eigenvalue weighted by Crippen LogP contribution is -2.51. The van der Waals surface area contributed by atoms with Crippen molar-refractivity contribution in [2.24, 2.45) is 0 Å². The Kier molecular flexibility index (Phi) is 10.5. The molecule has 7 heteroatoms. The highest BCUT2D eigenvalue weighted by molar-refractivity contribution is 7.99. The topological polar surface area (TPSA) is 49.4 Å². The highest BCUT2D eigenvalue weighted by atomic mass is 35.5. The molecule has 0 unspecified atom stereocenters. The molecule has 0 saturated carbocycles. The SMILES string of the molecule is CC[C@H](C(=O)N[C@@H](C)CC)N(Cc1ccc(C)cc1)C(=O)CSCc1c(F)cccc1Cl. The molecule has 32 heavy (non-hydrogen) atoms. The van der Waals surface area contributed by atoms with Gasteiger partial charge in [0, 0.05) is 28.9 Å². The van der Waals surface area contributed by atoms with Crippen LogP contribution in [0.25, 0.3) is 0 Å². The number of thioether (sulfide) groups is 1. The Morgan fingerprint density at radius 1 is 1.12 bits per heavy atom. The normalized spacial score (nSPS) is 12.8. The molecule has 0 radical (unpaired) electrons. The Labute approximate surface area is 199 Å². The van der Waals surface area contributed by atoms with Gasteiger partial charge in [0.05, 0.1) is 5.75 Å². The van der Waals surface area contributed by atoms with E-state index in [2.05, 4.69) is 5.32 Å². The third-order valence-corrected chi connectivity index (χ3v) is 6.69. The van der Waals surface area contributed by atoms with Gasteiger partial charge in [0.15, 0.2) is 0 Å². The van der Waals surface area contributed by atoms with E-state index in [1.807, 2.05) is 52.0 Å². The Hall–Kier alpha value is -2.05. The molecule has 0 aliphatic heterocycles. The van der Waals surface area contributed by atoms with Gasteiger partial charge in [-0.05, 0) is 44.4 Å². The smallest absolute Gasteiger partial charge is 0.243 e. The molecule has 2 rings (SSSR count). The van der Waals surface area contributed by atoms with Crippen LogP contribution in [0.3, 0.4) is 0 Å². The van der Waals surface area contributed by atoms with Crippen LogP contribution in [-0.2, 0) is 21.9 Å². The lowest BCUT2D eigenvalue weighted by atomic mass is 10.1. The summed E-state index contributed by atoms with van der Waals surface area (Å²) in [7, 11) is 0. The van der Waals surface area contributed by atoms with Crippen molar-refractivity contribution in [3.63, 3.8) is 0 Å². The second-order valence-electron chi connectivity index (χ2n) is 7.94. The third-order valence-electron chi connectivity index (χ3n) is 5.39. The Morgan fingerprint density at radius 2 is 1.81 bits per heavy atom. The van der Waals surface area contributed by atoms with Crippen LogP contribution < -0.4 is 5.32 Å². The summed E-state index contributed by atoms with van der Waals surface area (Å²) in [5, 5.41) is 3.35. The first-order valence-electron chi connectivity index (χ1n) is 10.9. The fourth-order valence-electron chi connectivity index (χ4n) is 3.24. The molecular formula is C25H32ClFN2O2S. The lowest BCUT2D eigenvalue weighted by molar-refractivity contribution is -0.139. The summed E-state index contributed by atoms with van der Waals surface area (Å²) < 4.78 is 14.1. The molecule has 0 aliphatic rings. The van der Waals surface area contributed by atoms with Gasteiger partial charge in [-0.15, -0.1) is 11.8 Å². The summed E-state index contributed by atoms with van der Waals surface area (Å²) >= 11 is 7.40. The van der Waals surface area contributed by atoms with Gasteiger partial charge >= 0.3 is 0 Å². The summed E-state index contributed by atoms with van der Waals surface area (Å²) in [5.41, 5.74) is 2.48. The van der Waals surface area contributed by atoms with Crippen molar-refractivity contribution in [1.82, 2.24) is 10.2 Å². The number of carbonyl (C=O) groups is 2. The quantitative estimate of drug-likeness (QED) is 0.447. The van der Waals surface area contributed by atoms with Crippen molar-refractivity contribution in [1.29, 1.82) is 0 Å². The average Bonchev–Trinajstić information content (AvgIpc) is 2.76. The zero-order valence-corrected chi connectivity index (χ0v) is 20.7. The average molecular weight is 479 g/mol. The zero-order chi connectivity index (χ0) is 23.7. The van der Waals surface area contributed by atoms with Crippen molar-refractivity contribution in [2.45, 2.75) is 64.9 Å². The first kappa shape index (κ1) is 26.2. The van der Waals surface area contributed by atoms with E-state index in [4.69, 9.17) is 11.6 Å². The van der Waals surface area contributed by atoms with E-state index in [0.717, 1.165) is 17.5 Å². The number of aryl methyl sites for hydroxylation is 1. The number of hydrogen-bond acceptors (Lipinski definition) is 3. The third kappa shape index (κ3) is 7.52. The second kappa shape index (κ2) is 12.9. The molecular weight excluding hydrogens is 447 g/mol. The van der Waals surface area contributed by atoms with E-state index in [9.17, 15) is 14.0 Å². The van der Waals surface area contributed by atoms with Crippen LogP contribution >= 0.6 is 23.4 Å². The van der Waals surface area contributed by atoms with Crippen LogP contribution in [0.2, 0.25) is 5.02 Å². The minimum atomic E-state index is -0.574. The highest BCUT2D eigenvalue weighted by Gasteiger charge is 2.29. The van der Waals surface area contributed by atoms with Crippen molar-refractivity contribution >= 4 is 35.2 Å². The summed E-state index contributed by atoms with van der Waals surface area (Å²) in [6, 6.07) is 11.9. The molecule has 2 aromatic carbocycles. The van der Waals surface area contributed by atoms with Crippen molar-refractivity contribution in [3.8, 4) is 0 Å². The van der Waals surface area contributed by atoms with Crippen LogP contribution in [0.1, 0.15) is 50.3 Å². The largest absolute Gasteiger partial charge is 0.352 e. The molecule has 4 nitrogen and oxygen atoms in total. The molecule has 0 spiro atoms. The molecule has 174 valence electrons. The van der Waals surface area contributed by atoms with Crippen LogP contribution in [0.5, 0.6) is 0 Å². The number of halogens is 2. The fraction of sp³-hybridized carbons (Fsp3) is 0.440. The standard InChI is InChI=1S/C25H32ClFN2O2S/c1-5-18(4)28-25(31)23(6-2)29(14-19-12-10-17(3)11-13-19)24(30)16-32-15-20-21(26)8-7-9-22(20)27/h7-13,18,23H,5-6,14-16H2,1-4H3,(H,28,31)/t18-,23+/m0/s1. The number of amides is 2. The zero-order valence-electron chi connectivity index (χ0n) is 19.2. The Bertz CT molecular complexity index is 887. The number of rotatable bonds is 11. The van der Waals surface area contributed by atoms with Gasteiger partial charge in [-0.2, -0.15) is 0 Å². The van der Waals surface area contributed by atoms with E-state index in [-0.39, 0.29) is 35.2 Å². The van der Waals surface area contributed by atoms with Gasteiger partial charge in [0.2, 0.25) is 11.8 Å². The summed E-state index contributed by atoms with van der Waals surface area (Å²) in [5.74, 6) is -0.276. The molecule has 1 N–H and O–H groups in total. The Morgan fingerprint density at radius 3 is 2.41 bits per heavy atom. The van der Waals surface area contributed by atoms with E-state index in [0.29, 0.717) is 23.6 Å². The minimum absolute atomic E-state index is 0.0328. The maximum absolute atomic E-state index is 14.1. The maximum atomic E-state index is 14.1. The number of hydrogen-bond donors (Lipinski definition) is 1. The lowest BCUT2D eigenvalue weighted by Gasteiger charge is -2.31. The minimum Gasteiger partial charge on any atom is -0.352 e. The molecule has 0 aromatic heterocycles. The number of benzene rings is 2. The predicted octanol–water partition coefficient (Wildman–Crippen LogP) is 5.74. The van der Waals surface area contributed by atoms with E-state index in [1.165, 1.54) is 17.8 Å². The second-order valence-corrected chi connectivity index (χ2v) is 9.33. The van der Waals surface area contributed by atoms with Gasteiger partial charge < -0.3 is 10.2 Å².